The van der Waals surface area contributed by atoms with Gasteiger partial charge >= 0.3 is 5.97 Å². The van der Waals surface area contributed by atoms with Crippen molar-refractivity contribution in [2.45, 2.75) is 0 Å². The van der Waals surface area contributed by atoms with Gasteiger partial charge in [-0.3, -0.25) is 4.79 Å². The van der Waals surface area contributed by atoms with Crippen molar-refractivity contribution in [1.29, 1.82) is 0 Å². The maximum absolute atomic E-state index is 12.7. The predicted molar refractivity (Wildman–Crippen MR) is 96.3 cm³/mol. The smallest absolute Gasteiger partial charge is 0.335 e. The van der Waals surface area contributed by atoms with Gasteiger partial charge in [0.15, 0.2) is 0 Å². The van der Waals surface area contributed by atoms with Crippen molar-refractivity contribution < 1.29 is 14.7 Å². The topological polar surface area (TPSA) is 70.0 Å². The van der Waals surface area contributed by atoms with E-state index in [2.05, 4.69) is 27.5 Å². The second kappa shape index (κ2) is 6.41. The van der Waals surface area contributed by atoms with Gasteiger partial charge in [0.05, 0.1) is 16.9 Å². The molecule has 0 atom stereocenters. The lowest BCUT2D eigenvalue weighted by atomic mass is 10.1. The second-order valence-electron chi connectivity index (χ2n) is 5.18. The van der Waals surface area contributed by atoms with Gasteiger partial charge in [-0.1, -0.05) is 28.1 Å². The number of carbonyl (C=O) groups is 2. The summed E-state index contributed by atoms with van der Waals surface area (Å²) < 4.78 is 0.835. The number of hydrogen-bond donors (Lipinski definition) is 1. The summed E-state index contributed by atoms with van der Waals surface area (Å²) in [6, 6.07) is 11.7. The fourth-order valence-electron chi connectivity index (χ4n) is 2.54. The third kappa shape index (κ3) is 2.88. The molecular formula is C18H13BrN2O3. The highest BCUT2D eigenvalue weighted by molar-refractivity contribution is 9.10. The van der Waals surface area contributed by atoms with Crippen LogP contribution in [0.5, 0.6) is 0 Å². The lowest BCUT2D eigenvalue weighted by molar-refractivity contribution is -0.112. The fraction of sp³-hybridized carbons (Fsp3) is 0.0556. The van der Waals surface area contributed by atoms with Crippen molar-refractivity contribution >= 4 is 44.9 Å². The number of amides is 1. The van der Waals surface area contributed by atoms with Gasteiger partial charge in [-0.05, 0) is 36.4 Å². The van der Waals surface area contributed by atoms with Crippen LogP contribution in [-0.2, 0) is 4.79 Å². The molecule has 0 aromatic heterocycles. The lowest BCUT2D eigenvalue weighted by Gasteiger charge is -2.13. The van der Waals surface area contributed by atoms with Crippen molar-refractivity contribution in [3.05, 3.63) is 70.7 Å². The van der Waals surface area contributed by atoms with E-state index in [1.807, 2.05) is 18.2 Å². The van der Waals surface area contributed by atoms with Crippen LogP contribution in [0.2, 0.25) is 0 Å². The molecule has 0 spiro atoms. The number of aromatic carboxylic acids is 1. The molecule has 1 heterocycles. The van der Waals surface area contributed by atoms with Gasteiger partial charge in [-0.25, -0.2) is 9.79 Å². The zero-order chi connectivity index (χ0) is 17.3. The van der Waals surface area contributed by atoms with E-state index in [1.165, 1.54) is 12.1 Å². The van der Waals surface area contributed by atoms with E-state index < -0.39 is 5.97 Å². The number of rotatable bonds is 4. The number of carboxylic acid groups (broad SMARTS) is 1. The van der Waals surface area contributed by atoms with Crippen molar-refractivity contribution in [3.8, 4) is 0 Å². The van der Waals surface area contributed by atoms with Gasteiger partial charge in [0, 0.05) is 16.6 Å². The summed E-state index contributed by atoms with van der Waals surface area (Å²) in [5.74, 6) is -1.27. The first-order chi connectivity index (χ1) is 11.5. The number of fused-ring (bicyclic) bond motifs is 1. The van der Waals surface area contributed by atoms with Crippen LogP contribution in [0.25, 0.3) is 0 Å². The fourth-order valence-corrected chi connectivity index (χ4v) is 2.90. The quantitative estimate of drug-likeness (QED) is 0.814. The average Bonchev–Trinajstić information content (AvgIpc) is 2.81. The third-order valence-electron chi connectivity index (χ3n) is 3.60. The molecule has 1 N–H and O–H groups in total. The molecule has 120 valence electrons. The molecule has 3 rings (SSSR count). The highest BCUT2D eigenvalue weighted by atomic mass is 79.9. The average molecular weight is 385 g/mol. The van der Waals surface area contributed by atoms with Crippen molar-refractivity contribution in [3.63, 3.8) is 0 Å². The number of hydrogen-bond acceptors (Lipinski definition) is 3. The molecule has 2 aromatic carbocycles. The largest absolute Gasteiger partial charge is 0.478 e. The Bertz CT molecular complexity index is 890. The highest BCUT2D eigenvalue weighted by Gasteiger charge is 2.33. The van der Waals surface area contributed by atoms with Crippen LogP contribution in [0.15, 0.2) is 64.6 Å². The minimum atomic E-state index is -1.04. The Morgan fingerprint density at radius 2 is 2.08 bits per heavy atom. The molecule has 6 heteroatoms. The van der Waals surface area contributed by atoms with Crippen molar-refractivity contribution in [2.75, 3.05) is 11.4 Å². The number of carbonyl (C=O) groups excluding carboxylic acids is 1. The number of aliphatic imine (C=N–C) groups is 1. The molecule has 0 aliphatic carbocycles. The molecule has 0 fully saturated rings. The molecule has 0 radical (unpaired) electrons. The predicted octanol–water partition coefficient (Wildman–Crippen LogP) is 3.80. The van der Waals surface area contributed by atoms with Crippen LogP contribution in [0.1, 0.15) is 15.9 Å². The molecule has 5 nitrogen and oxygen atoms in total. The van der Waals surface area contributed by atoms with Crippen molar-refractivity contribution in [1.82, 2.24) is 0 Å². The number of nitrogens with zero attached hydrogens (tertiary/aromatic N) is 2. The van der Waals surface area contributed by atoms with E-state index >= 15 is 0 Å². The van der Waals surface area contributed by atoms with Gasteiger partial charge in [0.1, 0.15) is 5.71 Å². The molecule has 2 aromatic rings. The van der Waals surface area contributed by atoms with Gasteiger partial charge in [-0.15, -0.1) is 6.58 Å². The van der Waals surface area contributed by atoms with E-state index in [0.29, 0.717) is 17.8 Å². The van der Waals surface area contributed by atoms with Crippen LogP contribution >= 0.6 is 15.9 Å². The summed E-state index contributed by atoms with van der Waals surface area (Å²) in [6.07, 6.45) is 1.65. The van der Waals surface area contributed by atoms with Crippen LogP contribution < -0.4 is 4.90 Å². The molecule has 1 amide bonds. The van der Waals surface area contributed by atoms with Gasteiger partial charge < -0.3 is 10.0 Å². The molecule has 1 aliphatic rings. The molecule has 0 unspecified atom stereocenters. The molecule has 24 heavy (non-hydrogen) atoms. The summed E-state index contributed by atoms with van der Waals surface area (Å²) in [5.41, 5.74) is 2.30. The maximum Gasteiger partial charge on any atom is 0.335 e. The third-order valence-corrected chi connectivity index (χ3v) is 4.09. The van der Waals surface area contributed by atoms with E-state index in [4.69, 9.17) is 5.11 Å². The van der Waals surface area contributed by atoms with Crippen LogP contribution in [0.3, 0.4) is 0 Å². The van der Waals surface area contributed by atoms with Crippen LogP contribution in [0, 0.1) is 0 Å². The van der Waals surface area contributed by atoms with Crippen LogP contribution in [-0.4, -0.2) is 29.2 Å². The minimum absolute atomic E-state index is 0.125. The second-order valence-corrected chi connectivity index (χ2v) is 6.10. The molecule has 0 saturated heterocycles. The Morgan fingerprint density at radius 3 is 2.79 bits per heavy atom. The maximum atomic E-state index is 12.7. The van der Waals surface area contributed by atoms with E-state index in [-0.39, 0.29) is 17.2 Å². The van der Waals surface area contributed by atoms with E-state index in [9.17, 15) is 9.59 Å². The highest BCUT2D eigenvalue weighted by Crippen LogP contribution is 2.33. The van der Waals surface area contributed by atoms with Gasteiger partial charge in [-0.2, -0.15) is 0 Å². The Kier molecular flexibility index (Phi) is 4.31. The van der Waals surface area contributed by atoms with E-state index in [1.54, 1.807) is 23.1 Å². The summed E-state index contributed by atoms with van der Waals surface area (Å²) in [5, 5.41) is 9.09. The summed E-state index contributed by atoms with van der Waals surface area (Å²) >= 11 is 3.40. The summed E-state index contributed by atoms with van der Waals surface area (Å²) in [7, 11) is 0. The lowest BCUT2D eigenvalue weighted by Crippen LogP contribution is -2.30. The molecule has 0 bridgehead atoms. The number of anilines is 1. The molecule has 0 saturated carbocycles. The zero-order valence-corrected chi connectivity index (χ0v) is 14.2. The summed E-state index contributed by atoms with van der Waals surface area (Å²) in [4.78, 5) is 29.8. The van der Waals surface area contributed by atoms with Gasteiger partial charge in [0.25, 0.3) is 5.91 Å². The first kappa shape index (κ1) is 16.1. The number of benzene rings is 2. The SMILES string of the molecule is C=CCN1C(=O)C(=Nc2cccc(C(=O)O)c2)c2cc(Br)ccc21. The minimum Gasteiger partial charge on any atom is -0.478 e. The molecular weight excluding hydrogens is 372 g/mol. The Morgan fingerprint density at radius 1 is 1.29 bits per heavy atom. The van der Waals surface area contributed by atoms with Crippen molar-refractivity contribution in [2.24, 2.45) is 4.99 Å². The first-order valence-corrected chi connectivity index (χ1v) is 7.95. The first-order valence-electron chi connectivity index (χ1n) is 7.16. The monoisotopic (exact) mass is 384 g/mol. The van der Waals surface area contributed by atoms with Crippen LogP contribution in [0.4, 0.5) is 11.4 Å². The van der Waals surface area contributed by atoms with E-state index in [0.717, 1.165) is 10.2 Å². The number of carboxylic acids is 1. The number of halogens is 1. The molecule has 1 aliphatic heterocycles. The zero-order valence-electron chi connectivity index (χ0n) is 12.6. The Balaban J connectivity index is 2.12. The normalized spacial score (nSPS) is 14.8. The standard InChI is InChI=1S/C18H13BrN2O3/c1-2-8-21-15-7-6-12(19)10-14(15)16(17(21)22)20-13-5-3-4-11(9-13)18(23)24/h2-7,9-10H,1,8H2,(H,23,24). The summed E-state index contributed by atoms with van der Waals surface area (Å²) in [6.45, 7) is 4.06. The Labute approximate surface area is 147 Å². The van der Waals surface area contributed by atoms with Gasteiger partial charge in [0.2, 0.25) is 0 Å². The Hall–Kier alpha value is -2.73.